The molecule has 0 aliphatic carbocycles. The second-order valence-electron chi connectivity index (χ2n) is 14.2. The number of hydrogen-bond donors (Lipinski definition) is 1. The molecule has 278 valence electrons. The van der Waals surface area contributed by atoms with Gasteiger partial charge in [-0.3, -0.25) is 14.5 Å². The summed E-state index contributed by atoms with van der Waals surface area (Å²) >= 11 is 0. The van der Waals surface area contributed by atoms with Crippen LogP contribution in [-0.4, -0.2) is 53.4 Å². The molecule has 0 saturated carbocycles. The van der Waals surface area contributed by atoms with Gasteiger partial charge in [-0.2, -0.15) is 0 Å². The molecule has 2 amide bonds. The van der Waals surface area contributed by atoms with Crippen LogP contribution in [0.25, 0.3) is 22.5 Å². The van der Waals surface area contributed by atoms with Crippen LogP contribution in [-0.2, 0) is 24.8 Å². The van der Waals surface area contributed by atoms with Gasteiger partial charge in [0.25, 0.3) is 11.8 Å². The molecule has 0 radical (unpaired) electrons. The van der Waals surface area contributed by atoms with Crippen molar-refractivity contribution in [2.75, 3.05) is 6.54 Å². The maximum atomic E-state index is 13.0. The average molecular weight is 746 g/mol. The molecule has 3 heterocycles. The molecule has 1 aliphatic rings. The number of aromatic nitrogens is 6. The first kappa shape index (κ1) is 35.4. The maximum absolute atomic E-state index is 13.0. The first-order valence-electron chi connectivity index (χ1n) is 19.2. The predicted molar refractivity (Wildman–Crippen MR) is 220 cm³/mol. The molecule has 6 aromatic carbocycles. The lowest BCUT2D eigenvalue weighted by molar-refractivity contribution is 0.0655. The summed E-state index contributed by atoms with van der Waals surface area (Å²) in [5, 5.41) is 13.8. The van der Waals surface area contributed by atoms with Gasteiger partial charge in [0.05, 0.1) is 16.8 Å². The fourth-order valence-electron chi connectivity index (χ4n) is 8.11. The Labute approximate surface area is 330 Å². The van der Waals surface area contributed by atoms with Crippen molar-refractivity contribution in [1.29, 1.82) is 0 Å². The van der Waals surface area contributed by atoms with Crippen LogP contribution in [0.15, 0.2) is 164 Å². The number of amides is 2. The van der Waals surface area contributed by atoms with Crippen molar-refractivity contribution in [3.8, 4) is 22.5 Å². The van der Waals surface area contributed by atoms with Crippen molar-refractivity contribution >= 4 is 11.8 Å². The highest BCUT2D eigenvalue weighted by molar-refractivity contribution is 6.21. The second kappa shape index (κ2) is 15.1. The standard InChI is InChI=1S/C48H39N7O2/c1-2-44-49-42(30-31-54-46(56)40-24-14-15-25-41(40)47(54)57)43(50-44)32-33-26-28-34(29-27-33)38-22-12-13-23-39(38)45-51-52-53-55(45)48(35-16-6-3-7-17-35,36-18-8-4-9-19-36)37-20-10-5-11-21-37/h3-29H,2,30-32H2,1H3,(H,49,50). The van der Waals surface area contributed by atoms with Gasteiger partial charge in [-0.1, -0.05) is 159 Å². The monoisotopic (exact) mass is 745 g/mol. The van der Waals surface area contributed by atoms with Crippen molar-refractivity contribution in [3.63, 3.8) is 0 Å². The average Bonchev–Trinajstić information content (AvgIpc) is 3.98. The van der Waals surface area contributed by atoms with E-state index < -0.39 is 5.54 Å². The molecule has 9 rings (SSSR count). The van der Waals surface area contributed by atoms with Crippen LogP contribution in [0, 0.1) is 0 Å². The van der Waals surface area contributed by atoms with Gasteiger partial charge in [-0.15, -0.1) is 5.10 Å². The van der Waals surface area contributed by atoms with Crippen LogP contribution in [0.4, 0.5) is 0 Å². The molecule has 9 heteroatoms. The molecule has 1 aliphatic heterocycles. The Balaban J connectivity index is 1.04. The molecule has 0 spiro atoms. The fraction of sp³-hybridized carbons (Fsp3) is 0.125. The quantitative estimate of drug-likeness (QED) is 0.0992. The first-order valence-corrected chi connectivity index (χ1v) is 19.2. The third-order valence-corrected chi connectivity index (χ3v) is 10.9. The normalized spacial score (nSPS) is 12.6. The van der Waals surface area contributed by atoms with Crippen molar-refractivity contribution in [2.45, 2.75) is 31.7 Å². The van der Waals surface area contributed by atoms with Crippen molar-refractivity contribution in [2.24, 2.45) is 0 Å². The minimum atomic E-state index is -0.877. The van der Waals surface area contributed by atoms with E-state index >= 15 is 0 Å². The number of imidazole rings is 1. The molecule has 8 aromatic rings. The van der Waals surface area contributed by atoms with E-state index in [1.807, 2.05) is 35.0 Å². The summed E-state index contributed by atoms with van der Waals surface area (Å²) in [4.78, 5) is 35.8. The Morgan fingerprint density at radius 1 is 0.596 bits per heavy atom. The highest BCUT2D eigenvalue weighted by atomic mass is 16.2. The number of aryl methyl sites for hydroxylation is 1. The number of hydrogen-bond acceptors (Lipinski definition) is 6. The summed E-state index contributed by atoms with van der Waals surface area (Å²) < 4.78 is 1.97. The molecular formula is C48H39N7O2. The van der Waals surface area contributed by atoms with Gasteiger partial charge in [-0.25, -0.2) is 9.67 Å². The topological polar surface area (TPSA) is 110 Å². The Morgan fingerprint density at radius 3 is 1.65 bits per heavy atom. The molecule has 0 bridgehead atoms. The Hall–Kier alpha value is -7.26. The highest BCUT2D eigenvalue weighted by Gasteiger charge is 2.42. The zero-order valence-corrected chi connectivity index (χ0v) is 31.4. The van der Waals surface area contributed by atoms with E-state index in [1.54, 1.807) is 24.3 Å². The summed E-state index contributed by atoms with van der Waals surface area (Å²) in [6, 6.07) is 55.0. The van der Waals surface area contributed by atoms with E-state index in [0.717, 1.165) is 62.6 Å². The van der Waals surface area contributed by atoms with Gasteiger partial charge in [0.1, 0.15) is 11.4 Å². The summed E-state index contributed by atoms with van der Waals surface area (Å²) in [6.07, 6.45) is 1.83. The number of fused-ring (bicyclic) bond motifs is 1. The van der Waals surface area contributed by atoms with Crippen LogP contribution < -0.4 is 0 Å². The third kappa shape index (κ3) is 6.33. The fourth-order valence-corrected chi connectivity index (χ4v) is 8.11. The number of benzene rings is 6. The molecule has 0 saturated heterocycles. The van der Waals surface area contributed by atoms with Gasteiger partial charge < -0.3 is 4.98 Å². The van der Waals surface area contributed by atoms with Crippen LogP contribution in [0.2, 0.25) is 0 Å². The number of H-pyrrole nitrogens is 1. The molecule has 0 unspecified atom stereocenters. The first-order chi connectivity index (χ1) is 28.1. The molecular weight excluding hydrogens is 707 g/mol. The molecule has 0 fully saturated rings. The van der Waals surface area contributed by atoms with Crippen molar-refractivity contribution in [3.05, 3.63) is 214 Å². The van der Waals surface area contributed by atoms with Crippen LogP contribution in [0.3, 0.4) is 0 Å². The van der Waals surface area contributed by atoms with Crippen molar-refractivity contribution in [1.82, 2.24) is 35.1 Å². The van der Waals surface area contributed by atoms with E-state index in [4.69, 9.17) is 15.3 Å². The Morgan fingerprint density at radius 2 is 1.11 bits per heavy atom. The molecule has 0 atom stereocenters. The van der Waals surface area contributed by atoms with Gasteiger partial charge in [0.15, 0.2) is 5.82 Å². The number of carbonyl (C=O) groups is 2. The van der Waals surface area contributed by atoms with E-state index in [0.29, 0.717) is 29.8 Å². The van der Waals surface area contributed by atoms with E-state index in [9.17, 15) is 9.59 Å². The van der Waals surface area contributed by atoms with Crippen LogP contribution >= 0.6 is 0 Å². The molecule has 2 aromatic heterocycles. The van der Waals surface area contributed by atoms with Crippen LogP contribution in [0.5, 0.6) is 0 Å². The SMILES string of the molecule is CCc1nc(CCN2C(=O)c3ccccc3C2=O)c(Cc2ccc(-c3ccccc3-c3nnnn3C(c3ccccc3)(c3ccccc3)c3ccccc3)cc2)[nH]1. The van der Waals surface area contributed by atoms with Gasteiger partial charge in [0.2, 0.25) is 0 Å². The zero-order valence-electron chi connectivity index (χ0n) is 31.4. The lowest BCUT2D eigenvalue weighted by Crippen LogP contribution is -2.39. The molecule has 1 N–H and O–H groups in total. The Kier molecular flexibility index (Phi) is 9.40. The number of imide groups is 1. The maximum Gasteiger partial charge on any atom is 0.261 e. The van der Waals surface area contributed by atoms with Crippen LogP contribution in [0.1, 0.15) is 67.1 Å². The third-order valence-electron chi connectivity index (χ3n) is 10.9. The van der Waals surface area contributed by atoms with Gasteiger partial charge in [-0.05, 0) is 55.9 Å². The smallest absolute Gasteiger partial charge is 0.261 e. The number of nitrogens with one attached hydrogen (secondary N) is 1. The summed E-state index contributed by atoms with van der Waals surface area (Å²) in [6.45, 7) is 2.32. The highest BCUT2D eigenvalue weighted by Crippen LogP contribution is 2.43. The predicted octanol–water partition coefficient (Wildman–Crippen LogP) is 8.56. The largest absolute Gasteiger partial charge is 0.345 e. The lowest BCUT2D eigenvalue weighted by atomic mass is 9.77. The second-order valence-corrected chi connectivity index (χ2v) is 14.2. The number of carbonyl (C=O) groups excluding carboxylic acids is 2. The number of aromatic amines is 1. The summed E-state index contributed by atoms with van der Waals surface area (Å²) in [5.41, 5.74) is 9.02. The van der Waals surface area contributed by atoms with Gasteiger partial charge in [0, 0.05) is 37.1 Å². The van der Waals surface area contributed by atoms with E-state index in [1.165, 1.54) is 4.90 Å². The van der Waals surface area contributed by atoms with Crippen molar-refractivity contribution < 1.29 is 9.59 Å². The minimum absolute atomic E-state index is 0.251. The van der Waals surface area contributed by atoms with E-state index in [2.05, 4.69) is 126 Å². The zero-order chi connectivity index (χ0) is 38.8. The number of tetrazole rings is 1. The van der Waals surface area contributed by atoms with E-state index in [-0.39, 0.29) is 18.4 Å². The summed E-state index contributed by atoms with van der Waals surface area (Å²) in [7, 11) is 0. The molecule has 57 heavy (non-hydrogen) atoms. The minimum Gasteiger partial charge on any atom is -0.345 e. The number of nitrogens with zero attached hydrogens (tertiary/aromatic N) is 6. The Bertz CT molecular complexity index is 2560. The lowest BCUT2D eigenvalue weighted by Gasteiger charge is -2.36. The molecule has 9 nitrogen and oxygen atoms in total. The summed E-state index contributed by atoms with van der Waals surface area (Å²) in [5.74, 6) is 1.01. The van der Waals surface area contributed by atoms with Gasteiger partial charge >= 0.3 is 0 Å². The number of rotatable bonds is 12.